The number of likely N-dealkylation sites (tertiary alicyclic amines) is 2. The fraction of sp³-hybridized carbons (Fsp3) is 0.308. The molecule has 0 unspecified atom stereocenters. The second-order valence-electron chi connectivity index (χ2n) is 13.0. The molecule has 2 fully saturated rings. The van der Waals surface area contributed by atoms with Crippen LogP contribution in [0.5, 0.6) is 0 Å². The van der Waals surface area contributed by atoms with Gasteiger partial charge in [-0.1, -0.05) is 60.7 Å². The Bertz CT molecular complexity index is 1840. The van der Waals surface area contributed by atoms with Crippen LogP contribution in [-0.2, 0) is 0 Å². The van der Waals surface area contributed by atoms with Crippen LogP contribution in [0.2, 0.25) is 0 Å². The van der Waals surface area contributed by atoms with E-state index in [1.807, 2.05) is 67.0 Å². The maximum Gasteiger partial charge on any atom is 0.158 e. The highest BCUT2D eigenvalue weighted by molar-refractivity contribution is 5.80. The third-order valence-corrected chi connectivity index (χ3v) is 9.18. The standard InChI is InChI=1S/C22H23N7.C17H22N4/c1-29-9-7-17(8-10-29)27-20-11-21(28-22-15-24-18(12-23)13-25-22)26-14-19(20)16-5-3-2-4-6-16;1-21-9-7-14(8-10-21)20-16-11-17(18)19-12-15(16)13-5-3-2-4-6-13/h2-6,11,13-15,17H,7-10H2,1H3,(H2,25,26,27,28);2-6,11-12,14H,7-10H2,1H3,(H3,18,19,20). The first kappa shape index (κ1) is 34.3. The van der Waals surface area contributed by atoms with Gasteiger partial charge in [-0.05, 0) is 77.1 Å². The SMILES string of the molecule is CN1CCC(Nc2cc(N)ncc2-c2ccccc2)CC1.CN1CCC(Nc2cc(Nc3cnc(C#N)cn3)ncc2-c2ccccc2)CC1. The highest BCUT2D eigenvalue weighted by atomic mass is 15.1. The molecule has 7 rings (SSSR count). The summed E-state index contributed by atoms with van der Waals surface area (Å²) in [5.74, 6) is 1.79. The van der Waals surface area contributed by atoms with E-state index in [0.717, 1.165) is 79.9 Å². The van der Waals surface area contributed by atoms with E-state index < -0.39 is 0 Å². The van der Waals surface area contributed by atoms with E-state index in [0.29, 0.717) is 29.5 Å². The summed E-state index contributed by atoms with van der Waals surface area (Å²) in [5.41, 5.74) is 12.8. The number of nitriles is 1. The largest absolute Gasteiger partial charge is 0.384 e. The van der Waals surface area contributed by atoms with Crippen molar-refractivity contribution in [3.63, 3.8) is 0 Å². The van der Waals surface area contributed by atoms with Gasteiger partial charge >= 0.3 is 0 Å². The number of piperidine rings is 2. The van der Waals surface area contributed by atoms with Crippen LogP contribution in [0.1, 0.15) is 31.4 Å². The fourth-order valence-corrected chi connectivity index (χ4v) is 6.26. The summed E-state index contributed by atoms with van der Waals surface area (Å²) in [5, 5.41) is 19.4. The van der Waals surface area contributed by atoms with Gasteiger partial charge in [0.25, 0.3) is 0 Å². The van der Waals surface area contributed by atoms with Gasteiger partial charge in [-0.15, -0.1) is 0 Å². The highest BCUT2D eigenvalue weighted by Gasteiger charge is 2.20. The van der Waals surface area contributed by atoms with Crippen molar-refractivity contribution in [2.45, 2.75) is 37.8 Å². The van der Waals surface area contributed by atoms with Crippen LogP contribution in [0.25, 0.3) is 22.3 Å². The van der Waals surface area contributed by atoms with Crippen LogP contribution in [-0.4, -0.2) is 82.1 Å². The van der Waals surface area contributed by atoms with Crippen molar-refractivity contribution < 1.29 is 0 Å². The smallest absolute Gasteiger partial charge is 0.158 e. The molecule has 2 aliphatic rings. The Balaban J connectivity index is 0.000000182. The zero-order chi connectivity index (χ0) is 34.7. The van der Waals surface area contributed by atoms with E-state index in [1.54, 1.807) is 0 Å². The third kappa shape index (κ3) is 9.31. The van der Waals surface area contributed by atoms with Crippen LogP contribution in [0.3, 0.4) is 0 Å². The van der Waals surface area contributed by atoms with E-state index in [2.05, 4.69) is 84.0 Å². The molecule has 0 saturated carbocycles. The average molecular weight is 668 g/mol. The number of nitrogen functional groups attached to an aromatic ring is 1. The maximum absolute atomic E-state index is 8.87. The molecule has 11 nitrogen and oxygen atoms in total. The van der Waals surface area contributed by atoms with Gasteiger partial charge in [0, 0.05) is 59.1 Å². The zero-order valence-corrected chi connectivity index (χ0v) is 28.8. The minimum Gasteiger partial charge on any atom is -0.384 e. The topological polar surface area (TPSA) is 144 Å². The number of nitrogens with zero attached hydrogens (tertiary/aromatic N) is 7. The Hall–Kier alpha value is -5.57. The average Bonchev–Trinajstić information content (AvgIpc) is 3.15. The summed E-state index contributed by atoms with van der Waals surface area (Å²) in [4.78, 5) is 21.8. The molecule has 0 atom stereocenters. The van der Waals surface area contributed by atoms with Gasteiger partial charge in [-0.3, -0.25) is 0 Å². The number of pyridine rings is 2. The van der Waals surface area contributed by atoms with Crippen molar-refractivity contribution in [3.8, 4) is 28.3 Å². The third-order valence-electron chi connectivity index (χ3n) is 9.18. The van der Waals surface area contributed by atoms with Gasteiger partial charge in [-0.25, -0.2) is 19.9 Å². The molecule has 2 aliphatic heterocycles. The minimum atomic E-state index is 0.285. The molecule has 2 aromatic carbocycles. The normalized spacial score (nSPS) is 15.7. The molecule has 0 aliphatic carbocycles. The quantitative estimate of drug-likeness (QED) is 0.144. The first-order valence-corrected chi connectivity index (χ1v) is 17.2. The van der Waals surface area contributed by atoms with Crippen molar-refractivity contribution in [1.82, 2.24) is 29.7 Å². The van der Waals surface area contributed by atoms with Crippen LogP contribution in [0.4, 0.5) is 28.8 Å². The summed E-state index contributed by atoms with van der Waals surface area (Å²) in [6.45, 7) is 4.46. The minimum absolute atomic E-state index is 0.285. The number of nitrogens with two attached hydrogens (primary N) is 1. The molecule has 5 N–H and O–H groups in total. The van der Waals surface area contributed by atoms with Crippen molar-refractivity contribution >= 4 is 28.8 Å². The Labute approximate surface area is 294 Å². The van der Waals surface area contributed by atoms with Crippen molar-refractivity contribution in [2.24, 2.45) is 0 Å². The van der Waals surface area contributed by atoms with Gasteiger partial charge in [0.05, 0.1) is 12.4 Å². The van der Waals surface area contributed by atoms with E-state index in [1.165, 1.54) is 18.0 Å². The molecule has 0 amide bonds. The monoisotopic (exact) mass is 667 g/mol. The van der Waals surface area contributed by atoms with Gasteiger partial charge in [0.2, 0.25) is 0 Å². The van der Waals surface area contributed by atoms with Gasteiger partial charge in [0.15, 0.2) is 5.69 Å². The fourth-order valence-electron chi connectivity index (χ4n) is 6.26. The zero-order valence-electron chi connectivity index (χ0n) is 28.8. The Morgan fingerprint density at radius 2 is 1.14 bits per heavy atom. The second-order valence-corrected chi connectivity index (χ2v) is 13.0. The molecule has 0 bridgehead atoms. The maximum atomic E-state index is 8.87. The van der Waals surface area contributed by atoms with Crippen molar-refractivity contribution in [2.75, 3.05) is 62.0 Å². The summed E-state index contributed by atoms with van der Waals surface area (Å²) >= 11 is 0. The summed E-state index contributed by atoms with van der Waals surface area (Å²) in [7, 11) is 4.34. The molecular formula is C39H45N11. The number of anilines is 5. The summed E-state index contributed by atoms with van der Waals surface area (Å²) in [6, 6.07) is 27.5. The number of nitrogens with one attached hydrogen (secondary N) is 3. The Morgan fingerprint density at radius 3 is 1.64 bits per heavy atom. The van der Waals surface area contributed by atoms with E-state index in [4.69, 9.17) is 11.0 Å². The first-order valence-electron chi connectivity index (χ1n) is 17.2. The molecule has 2 saturated heterocycles. The number of hydrogen-bond donors (Lipinski definition) is 4. The molecule has 5 aromatic rings. The van der Waals surface area contributed by atoms with Crippen LogP contribution >= 0.6 is 0 Å². The molecule has 3 aromatic heterocycles. The number of aromatic nitrogens is 4. The van der Waals surface area contributed by atoms with E-state index in [9.17, 15) is 0 Å². The van der Waals surface area contributed by atoms with Crippen molar-refractivity contribution in [1.29, 1.82) is 5.26 Å². The van der Waals surface area contributed by atoms with Crippen LogP contribution in [0, 0.1) is 11.3 Å². The van der Waals surface area contributed by atoms with Gasteiger partial charge < -0.3 is 31.5 Å². The predicted molar refractivity (Wildman–Crippen MR) is 202 cm³/mol. The molecule has 50 heavy (non-hydrogen) atoms. The lowest BCUT2D eigenvalue weighted by molar-refractivity contribution is 0.264. The van der Waals surface area contributed by atoms with Crippen LogP contribution in [0.15, 0.2) is 97.6 Å². The lowest BCUT2D eigenvalue weighted by Gasteiger charge is -2.30. The molecule has 0 spiro atoms. The lowest BCUT2D eigenvalue weighted by atomic mass is 10.0. The Morgan fingerprint density at radius 1 is 0.640 bits per heavy atom. The molecular weight excluding hydrogens is 623 g/mol. The molecule has 0 radical (unpaired) electrons. The molecule has 11 heteroatoms. The van der Waals surface area contributed by atoms with E-state index >= 15 is 0 Å². The van der Waals surface area contributed by atoms with E-state index in [-0.39, 0.29) is 5.69 Å². The summed E-state index contributed by atoms with van der Waals surface area (Å²) < 4.78 is 0. The number of rotatable bonds is 8. The summed E-state index contributed by atoms with van der Waals surface area (Å²) in [6.07, 6.45) is 11.3. The van der Waals surface area contributed by atoms with Gasteiger partial charge in [-0.2, -0.15) is 5.26 Å². The Kier molecular flexibility index (Phi) is 11.5. The van der Waals surface area contributed by atoms with Crippen LogP contribution < -0.4 is 21.7 Å². The highest BCUT2D eigenvalue weighted by Crippen LogP contribution is 2.32. The first-order chi connectivity index (χ1) is 24.4. The van der Waals surface area contributed by atoms with Gasteiger partial charge in [0.1, 0.15) is 23.5 Å². The molecule has 5 heterocycles. The second kappa shape index (κ2) is 16.7. The van der Waals surface area contributed by atoms with Crippen molar-refractivity contribution in [3.05, 3.63) is 103 Å². The number of benzene rings is 2. The lowest BCUT2D eigenvalue weighted by Crippen LogP contribution is -2.36. The predicted octanol–water partition coefficient (Wildman–Crippen LogP) is 6.50. The number of hydrogen-bond acceptors (Lipinski definition) is 11. The molecule has 256 valence electrons.